The second-order valence-electron chi connectivity index (χ2n) is 23.1. The molecule has 2 spiro atoms. The van der Waals surface area contributed by atoms with Crippen LogP contribution in [0.1, 0.15) is 44.5 Å². The maximum Gasteiger partial charge on any atom is 0.109 e. The van der Waals surface area contributed by atoms with Crippen LogP contribution in [0.2, 0.25) is 0 Å². The van der Waals surface area contributed by atoms with E-state index in [4.69, 9.17) is 9.97 Å². The van der Waals surface area contributed by atoms with Gasteiger partial charge in [0.05, 0.1) is 31.6 Å². The zero-order valence-electron chi connectivity index (χ0n) is 45.5. The number of hydrogen-bond acceptors (Lipinski definition) is 3. The number of thiophene rings is 1. The molecule has 0 amide bonds. The van der Waals surface area contributed by atoms with Crippen LogP contribution in [0, 0.1) is 0 Å². The summed E-state index contributed by atoms with van der Waals surface area (Å²) < 4.78 is 2.10. The Balaban J connectivity index is 0.960. The molecule has 85 heavy (non-hydrogen) atoms. The summed E-state index contributed by atoms with van der Waals surface area (Å²) >= 11 is 9.26. The third kappa shape index (κ3) is 6.27. The Kier molecular flexibility index (Phi) is 9.95. The van der Waals surface area contributed by atoms with Crippen molar-refractivity contribution in [2.24, 2.45) is 0 Å². The second-order valence-corrected chi connectivity index (χ2v) is 26.0. The summed E-state index contributed by atoms with van der Waals surface area (Å²) in [5.74, 6) is 0. The van der Waals surface area contributed by atoms with Crippen LogP contribution in [0.25, 0.3) is 131 Å². The van der Waals surface area contributed by atoms with Crippen molar-refractivity contribution in [3.63, 3.8) is 0 Å². The van der Waals surface area contributed by atoms with Crippen molar-refractivity contribution in [3.8, 4) is 87.6 Å². The van der Waals surface area contributed by atoms with E-state index in [0.29, 0.717) is 0 Å². The van der Waals surface area contributed by atoms with Crippen LogP contribution < -0.4 is 0 Å². The number of fused-ring (bicyclic) bond motifs is 27. The molecule has 2 heterocycles. The van der Waals surface area contributed by atoms with Gasteiger partial charge >= 0.3 is 0 Å². The largest absolute Gasteiger partial charge is 0.242 e. The lowest BCUT2D eigenvalue weighted by Gasteiger charge is -2.30. The van der Waals surface area contributed by atoms with Crippen LogP contribution in [-0.4, -0.2) is 9.97 Å². The van der Waals surface area contributed by atoms with Gasteiger partial charge in [-0.3, -0.25) is 0 Å². The summed E-state index contributed by atoms with van der Waals surface area (Å²) in [6, 6.07) is 100.0. The first-order chi connectivity index (χ1) is 42.0. The molecule has 4 aliphatic carbocycles. The van der Waals surface area contributed by atoms with Crippen molar-refractivity contribution >= 4 is 86.8 Å². The zero-order valence-corrected chi connectivity index (χ0v) is 49.5. The van der Waals surface area contributed by atoms with Crippen LogP contribution in [0.3, 0.4) is 0 Å². The van der Waals surface area contributed by atoms with Crippen LogP contribution in [0.5, 0.6) is 0 Å². The van der Waals surface area contributed by atoms with E-state index in [9.17, 15) is 0 Å². The summed E-state index contributed by atoms with van der Waals surface area (Å²) in [4.78, 5) is 14.6. The van der Waals surface area contributed by atoms with Gasteiger partial charge in [0, 0.05) is 30.8 Å². The van der Waals surface area contributed by atoms with Crippen molar-refractivity contribution in [1.82, 2.24) is 9.97 Å². The van der Waals surface area contributed by atoms with E-state index in [2.05, 4.69) is 299 Å². The summed E-state index contributed by atoms with van der Waals surface area (Å²) in [6.07, 6.45) is 0. The number of aromatic nitrogens is 2. The smallest absolute Gasteiger partial charge is 0.109 e. The molecule has 4 aliphatic rings. The highest BCUT2D eigenvalue weighted by molar-refractivity contribution is 9.10. The molecule has 2 nitrogen and oxygen atoms in total. The first-order valence-corrected chi connectivity index (χ1v) is 31.4. The molecule has 0 unspecified atom stereocenters. The van der Waals surface area contributed by atoms with Crippen molar-refractivity contribution < 1.29 is 0 Å². The molecule has 0 atom stereocenters. The zero-order chi connectivity index (χ0) is 55.9. The van der Waals surface area contributed by atoms with Gasteiger partial charge in [0.25, 0.3) is 0 Å². The first-order valence-electron chi connectivity index (χ1n) is 29.0. The van der Waals surface area contributed by atoms with Crippen LogP contribution >= 0.6 is 43.2 Å². The Labute approximate surface area is 511 Å². The van der Waals surface area contributed by atoms with Gasteiger partial charge < -0.3 is 0 Å². The van der Waals surface area contributed by atoms with Gasteiger partial charge in [-0.15, -0.1) is 11.3 Å². The van der Waals surface area contributed by atoms with E-state index < -0.39 is 10.8 Å². The summed E-state index contributed by atoms with van der Waals surface area (Å²) in [5, 5.41) is 4.44. The molecule has 19 rings (SSSR count). The average Bonchev–Trinajstić information content (AvgIpc) is 1.58. The number of hydrogen-bond donors (Lipinski definition) is 0. The molecule has 0 saturated carbocycles. The lowest BCUT2D eigenvalue weighted by Crippen LogP contribution is -2.25. The second kappa shape index (κ2) is 17.6. The molecule has 13 aromatic carbocycles. The minimum absolute atomic E-state index is 0.513. The Hall–Kier alpha value is -9.36. The summed E-state index contributed by atoms with van der Waals surface area (Å²) in [5.41, 5.74) is 30.1. The van der Waals surface area contributed by atoms with Gasteiger partial charge in [0.15, 0.2) is 0 Å². The van der Waals surface area contributed by atoms with Gasteiger partial charge in [-0.1, -0.05) is 262 Å². The molecule has 0 bridgehead atoms. The Morgan fingerprint density at radius 3 is 0.906 bits per heavy atom. The third-order valence-electron chi connectivity index (χ3n) is 19.3. The van der Waals surface area contributed by atoms with Crippen molar-refractivity contribution in [3.05, 3.63) is 320 Å². The van der Waals surface area contributed by atoms with E-state index in [1.807, 2.05) is 11.3 Å². The fourth-order valence-corrected chi connectivity index (χ4v) is 17.7. The number of nitrogens with zero attached hydrogens (tertiary/aromatic N) is 2. The van der Waals surface area contributed by atoms with Crippen molar-refractivity contribution in [2.45, 2.75) is 10.8 Å². The molecule has 0 aliphatic heterocycles. The number of rotatable bonds is 4. The lowest BCUT2D eigenvalue weighted by atomic mass is 9.70. The predicted octanol–water partition coefficient (Wildman–Crippen LogP) is 22.0. The van der Waals surface area contributed by atoms with E-state index in [1.54, 1.807) is 0 Å². The Morgan fingerprint density at radius 2 is 0.541 bits per heavy atom. The molecule has 0 radical (unpaired) electrons. The Bertz CT molecular complexity index is 5030. The fourth-order valence-electron chi connectivity index (χ4n) is 16.0. The topological polar surface area (TPSA) is 25.8 Å². The first kappa shape index (κ1) is 48.1. The highest BCUT2D eigenvalue weighted by Crippen LogP contribution is 2.67. The summed E-state index contributed by atoms with van der Waals surface area (Å²) in [7, 11) is 0. The molecule has 394 valence electrons. The number of halogens is 2. The number of benzene rings is 13. The molecule has 15 aromatic rings. The predicted molar refractivity (Wildman–Crippen MR) is 360 cm³/mol. The Morgan fingerprint density at radius 1 is 0.247 bits per heavy atom. The quantitative estimate of drug-likeness (QED) is 0.164. The monoisotopic (exact) mass is 1220 g/mol. The highest BCUT2D eigenvalue weighted by atomic mass is 79.9. The molecule has 0 N–H and O–H groups in total. The van der Waals surface area contributed by atoms with Crippen molar-refractivity contribution in [1.29, 1.82) is 0 Å². The van der Waals surface area contributed by atoms with E-state index >= 15 is 0 Å². The molecular weight excluding hydrogens is 1180 g/mol. The fraction of sp³-hybridized carbons (Fsp3) is 0.0250. The van der Waals surface area contributed by atoms with Gasteiger partial charge in [-0.25, -0.2) is 9.97 Å². The van der Waals surface area contributed by atoms with Gasteiger partial charge in [-0.2, -0.15) is 0 Å². The minimum atomic E-state index is -0.513. The summed E-state index contributed by atoms with van der Waals surface area (Å²) in [6.45, 7) is 0. The van der Waals surface area contributed by atoms with E-state index in [0.717, 1.165) is 84.6 Å². The molecule has 0 fully saturated rings. The molecule has 2 aromatic heterocycles. The lowest BCUT2D eigenvalue weighted by molar-refractivity contribution is 0.794. The van der Waals surface area contributed by atoms with Crippen LogP contribution in [-0.2, 0) is 10.8 Å². The van der Waals surface area contributed by atoms with Gasteiger partial charge in [0.2, 0.25) is 0 Å². The van der Waals surface area contributed by atoms with Crippen molar-refractivity contribution in [2.75, 3.05) is 0 Å². The standard InChI is InChI=1S/C80H44Br2N2S/c81-49-37-31-45(32-38-49)47-35-41-51-52-42-36-48(46-33-39-50(82)40-34-46)44-62(52)74-73(61(51)43-47)83-75-76(84-74)78(60-22-14-30-70-72(60)58-20-6-12-28-68(58)80(70)65-25-9-3-17-55(65)56-18-4-10-26-66(56)80)85-77(75)59-21-13-29-69-71(59)57-19-5-11-27-67(57)79(69)63-23-7-1-15-53(63)54-16-2-8-24-64(54)79/h1-44H. The maximum absolute atomic E-state index is 6.19. The van der Waals surface area contributed by atoms with Gasteiger partial charge in [0.1, 0.15) is 11.0 Å². The molecular formula is C80H44Br2N2S. The van der Waals surface area contributed by atoms with E-state index in [1.165, 1.54) is 100 Å². The average molecular weight is 1230 g/mol. The van der Waals surface area contributed by atoms with E-state index in [-0.39, 0.29) is 0 Å². The van der Waals surface area contributed by atoms with Crippen LogP contribution in [0.4, 0.5) is 0 Å². The van der Waals surface area contributed by atoms with Crippen LogP contribution in [0.15, 0.2) is 276 Å². The highest BCUT2D eigenvalue weighted by Gasteiger charge is 2.54. The van der Waals surface area contributed by atoms with Gasteiger partial charge in [-0.05, 0) is 158 Å². The SMILES string of the molecule is Brc1ccc(-c2ccc3c4ccc(-c5ccc(Br)cc5)cc4c4nc5c(-c6cccc7c6-c6ccccc6C76c7ccccc7-c7ccccc76)sc(-c6cccc7c6-c6ccccc6C76c7ccccc7-c7ccccc76)c5nc4c3c2)cc1. The normalized spacial score (nSPS) is 14.0. The minimum Gasteiger partial charge on any atom is -0.242 e. The molecule has 5 heteroatoms. The third-order valence-corrected chi connectivity index (χ3v) is 21.5. The maximum atomic E-state index is 6.19. The molecule has 0 saturated heterocycles.